The Labute approximate surface area is 124 Å². The molecule has 110 valence electrons. The Bertz CT molecular complexity index is 475. The van der Waals surface area contributed by atoms with E-state index >= 15 is 0 Å². The molecule has 0 bridgehead atoms. The molecule has 0 spiro atoms. The lowest BCUT2D eigenvalue weighted by molar-refractivity contribution is -0.129. The number of aliphatic hydroxyl groups is 2. The van der Waals surface area contributed by atoms with E-state index in [2.05, 4.69) is 0 Å². The Hall–Kier alpha value is -1.16. The number of carbonyl (C=O) groups is 1. The number of carbonyl (C=O) groups excluding carboxylic acids is 1. The lowest BCUT2D eigenvalue weighted by Crippen LogP contribution is -2.26. The molecule has 0 aliphatic rings. The highest BCUT2D eigenvalue weighted by Gasteiger charge is 2.23. The fourth-order valence-corrected chi connectivity index (χ4v) is 2.09. The van der Waals surface area contributed by atoms with Crippen LogP contribution in [0.3, 0.4) is 0 Å². The topological polar surface area (TPSA) is 57.5 Å². The Morgan fingerprint density at radius 3 is 2.30 bits per heavy atom. The summed E-state index contributed by atoms with van der Waals surface area (Å²) in [5.41, 5.74) is 1.60. The summed E-state index contributed by atoms with van der Waals surface area (Å²) in [5, 5.41) is 20.5. The van der Waals surface area contributed by atoms with E-state index in [1.54, 1.807) is 31.2 Å². The zero-order chi connectivity index (χ0) is 15.3. The number of ketones is 1. The number of aliphatic hydroxyl groups excluding tert-OH is 2. The first-order valence-electron chi connectivity index (χ1n) is 6.61. The van der Waals surface area contributed by atoms with Crippen molar-refractivity contribution in [2.24, 2.45) is 5.92 Å². The third-order valence-corrected chi connectivity index (χ3v) is 3.35. The van der Waals surface area contributed by atoms with E-state index in [4.69, 9.17) is 11.6 Å². The minimum atomic E-state index is -1.10. The van der Waals surface area contributed by atoms with Gasteiger partial charge in [-0.1, -0.05) is 42.3 Å². The lowest BCUT2D eigenvalue weighted by atomic mass is 9.92. The maximum absolute atomic E-state index is 12.0. The lowest BCUT2D eigenvalue weighted by Gasteiger charge is -2.17. The molecule has 3 nitrogen and oxygen atoms in total. The van der Waals surface area contributed by atoms with Crippen LogP contribution in [0.2, 0.25) is 5.02 Å². The van der Waals surface area contributed by atoms with Crippen LogP contribution in [0.1, 0.15) is 38.9 Å². The number of halogens is 1. The smallest absolute Gasteiger partial charge is 0.168 e. The molecule has 1 rings (SSSR count). The van der Waals surface area contributed by atoms with Crippen molar-refractivity contribution in [1.29, 1.82) is 0 Å². The number of benzene rings is 1. The first kappa shape index (κ1) is 16.9. The number of Topliss-reactive ketones (excluding diaryl/α,β-unsaturated/α-hetero) is 1. The SMILES string of the molecule is CC(C)=CC(O)C(=O)C(C)CC(O)c1ccc(Cl)cc1. The summed E-state index contributed by atoms with van der Waals surface area (Å²) in [6.45, 7) is 5.36. The van der Waals surface area contributed by atoms with Gasteiger partial charge in [0.05, 0.1) is 6.10 Å². The molecule has 2 N–H and O–H groups in total. The van der Waals surface area contributed by atoms with Crippen LogP contribution in [0.15, 0.2) is 35.9 Å². The van der Waals surface area contributed by atoms with E-state index in [1.165, 1.54) is 6.08 Å². The van der Waals surface area contributed by atoms with E-state index in [0.717, 1.165) is 5.57 Å². The van der Waals surface area contributed by atoms with Crippen LogP contribution in [0.4, 0.5) is 0 Å². The number of allylic oxidation sites excluding steroid dienone is 1. The van der Waals surface area contributed by atoms with Crippen LogP contribution in [-0.2, 0) is 4.79 Å². The molecule has 4 heteroatoms. The molecule has 20 heavy (non-hydrogen) atoms. The van der Waals surface area contributed by atoms with Gasteiger partial charge in [-0.15, -0.1) is 0 Å². The molecule has 0 fully saturated rings. The fourth-order valence-electron chi connectivity index (χ4n) is 1.96. The molecule has 0 aromatic heterocycles. The van der Waals surface area contributed by atoms with Gasteiger partial charge in [0, 0.05) is 10.9 Å². The third-order valence-electron chi connectivity index (χ3n) is 3.10. The van der Waals surface area contributed by atoms with Crippen molar-refractivity contribution < 1.29 is 15.0 Å². The molecule has 0 saturated heterocycles. The highest BCUT2D eigenvalue weighted by Crippen LogP contribution is 2.24. The van der Waals surface area contributed by atoms with Gasteiger partial charge in [-0.2, -0.15) is 0 Å². The Balaban J connectivity index is 2.65. The van der Waals surface area contributed by atoms with Gasteiger partial charge in [0.15, 0.2) is 5.78 Å². The van der Waals surface area contributed by atoms with E-state index in [9.17, 15) is 15.0 Å². The highest BCUT2D eigenvalue weighted by molar-refractivity contribution is 6.30. The van der Waals surface area contributed by atoms with Gasteiger partial charge < -0.3 is 10.2 Å². The highest BCUT2D eigenvalue weighted by atomic mass is 35.5. The summed E-state index contributed by atoms with van der Waals surface area (Å²) >= 11 is 5.79. The quantitative estimate of drug-likeness (QED) is 0.792. The number of hydrogen-bond donors (Lipinski definition) is 2. The van der Waals surface area contributed by atoms with Gasteiger partial charge >= 0.3 is 0 Å². The van der Waals surface area contributed by atoms with Gasteiger partial charge in [0.25, 0.3) is 0 Å². The standard InChI is InChI=1S/C16H21ClO3/c1-10(2)8-15(19)16(20)11(3)9-14(18)12-4-6-13(17)7-5-12/h4-8,11,14-15,18-19H,9H2,1-3H3. The molecule has 0 aliphatic heterocycles. The number of hydrogen-bond acceptors (Lipinski definition) is 3. The van der Waals surface area contributed by atoms with Crippen LogP contribution in [0, 0.1) is 5.92 Å². The molecular weight excluding hydrogens is 276 g/mol. The van der Waals surface area contributed by atoms with Crippen molar-refractivity contribution >= 4 is 17.4 Å². The normalized spacial score (nSPS) is 15.3. The molecule has 0 saturated carbocycles. The second-order valence-electron chi connectivity index (χ2n) is 5.30. The monoisotopic (exact) mass is 296 g/mol. The summed E-state index contributed by atoms with van der Waals surface area (Å²) in [4.78, 5) is 12.0. The fraction of sp³-hybridized carbons (Fsp3) is 0.438. The van der Waals surface area contributed by atoms with Gasteiger partial charge in [-0.3, -0.25) is 4.79 Å². The van der Waals surface area contributed by atoms with E-state index in [1.807, 2.05) is 13.8 Å². The molecule has 0 radical (unpaired) electrons. The molecule has 3 atom stereocenters. The van der Waals surface area contributed by atoms with Crippen LogP contribution < -0.4 is 0 Å². The molecule has 3 unspecified atom stereocenters. The Morgan fingerprint density at radius 2 is 1.80 bits per heavy atom. The predicted molar refractivity (Wildman–Crippen MR) is 80.6 cm³/mol. The summed E-state index contributed by atoms with van der Waals surface area (Å²) in [6.07, 6.45) is -0.0562. The van der Waals surface area contributed by atoms with E-state index in [-0.39, 0.29) is 12.2 Å². The van der Waals surface area contributed by atoms with Crippen molar-refractivity contribution in [3.8, 4) is 0 Å². The van der Waals surface area contributed by atoms with Crippen molar-refractivity contribution in [1.82, 2.24) is 0 Å². The molecule has 0 amide bonds. The summed E-state index contributed by atoms with van der Waals surface area (Å²) in [6, 6.07) is 6.86. The molecule has 0 aliphatic carbocycles. The van der Waals surface area contributed by atoms with E-state index < -0.39 is 18.1 Å². The first-order chi connectivity index (χ1) is 9.31. The van der Waals surface area contributed by atoms with Gasteiger partial charge in [0.1, 0.15) is 6.10 Å². The van der Waals surface area contributed by atoms with Crippen LogP contribution in [-0.4, -0.2) is 22.1 Å². The average Bonchev–Trinajstić information content (AvgIpc) is 2.37. The average molecular weight is 297 g/mol. The van der Waals surface area contributed by atoms with Crippen molar-refractivity contribution in [3.63, 3.8) is 0 Å². The zero-order valence-corrected chi connectivity index (χ0v) is 12.8. The largest absolute Gasteiger partial charge is 0.388 e. The molecule has 1 aromatic carbocycles. The third kappa shape index (κ3) is 5.08. The minimum Gasteiger partial charge on any atom is -0.388 e. The first-order valence-corrected chi connectivity index (χ1v) is 6.99. The predicted octanol–water partition coefficient (Wildman–Crippen LogP) is 3.30. The zero-order valence-electron chi connectivity index (χ0n) is 12.0. The van der Waals surface area contributed by atoms with Crippen LogP contribution >= 0.6 is 11.6 Å². The maximum Gasteiger partial charge on any atom is 0.168 e. The summed E-state index contributed by atoms with van der Waals surface area (Å²) in [5.74, 6) is -0.703. The van der Waals surface area contributed by atoms with Gasteiger partial charge in [-0.05, 0) is 38.0 Å². The van der Waals surface area contributed by atoms with E-state index in [0.29, 0.717) is 10.6 Å². The van der Waals surface area contributed by atoms with Crippen LogP contribution in [0.25, 0.3) is 0 Å². The van der Waals surface area contributed by atoms with Gasteiger partial charge in [0.2, 0.25) is 0 Å². The summed E-state index contributed by atoms with van der Waals surface area (Å²) < 4.78 is 0. The summed E-state index contributed by atoms with van der Waals surface area (Å²) in [7, 11) is 0. The second-order valence-corrected chi connectivity index (χ2v) is 5.73. The number of rotatable bonds is 6. The maximum atomic E-state index is 12.0. The second kappa shape index (κ2) is 7.58. The van der Waals surface area contributed by atoms with Crippen molar-refractivity contribution in [2.45, 2.75) is 39.4 Å². The Kier molecular flexibility index (Phi) is 6.40. The minimum absolute atomic E-state index is 0.272. The molecule has 1 aromatic rings. The molecule has 0 heterocycles. The van der Waals surface area contributed by atoms with Crippen molar-refractivity contribution in [3.05, 3.63) is 46.5 Å². The molecular formula is C16H21ClO3. The Morgan fingerprint density at radius 1 is 1.25 bits per heavy atom. The van der Waals surface area contributed by atoms with Gasteiger partial charge in [-0.25, -0.2) is 0 Å². The van der Waals surface area contributed by atoms with Crippen molar-refractivity contribution in [2.75, 3.05) is 0 Å². The van der Waals surface area contributed by atoms with Crippen LogP contribution in [0.5, 0.6) is 0 Å².